The molecule has 0 aromatic heterocycles. The second-order valence-electron chi connectivity index (χ2n) is 3.97. The van der Waals surface area contributed by atoms with E-state index in [0.717, 1.165) is 25.7 Å². The van der Waals surface area contributed by atoms with Crippen LogP contribution < -0.4 is 5.73 Å². The molecule has 0 amide bonds. The maximum atomic E-state index is 11.4. The first-order chi connectivity index (χ1) is 5.74. The van der Waals surface area contributed by atoms with E-state index in [1.165, 1.54) is 6.42 Å². The van der Waals surface area contributed by atoms with Crippen molar-refractivity contribution in [3.05, 3.63) is 0 Å². The molecule has 0 heterocycles. The molecule has 0 aromatic carbocycles. The number of nitrogens with two attached hydrogens (primary N) is 1. The summed E-state index contributed by atoms with van der Waals surface area (Å²) >= 11 is 0. The first-order valence-electron chi connectivity index (χ1n) is 4.96. The Labute approximate surface area is 74.5 Å². The van der Waals surface area contributed by atoms with Gasteiger partial charge < -0.3 is 5.73 Å². The molecule has 1 rings (SSSR count). The zero-order chi connectivity index (χ0) is 8.97. The first kappa shape index (κ1) is 9.72. The Bertz CT molecular complexity index is 152. The average Bonchev–Trinajstić information content (AvgIpc) is 1.97. The minimum Gasteiger partial charge on any atom is -0.330 e. The summed E-state index contributed by atoms with van der Waals surface area (Å²) in [7, 11) is 0. The van der Waals surface area contributed by atoms with E-state index in [4.69, 9.17) is 5.73 Å². The molecule has 1 unspecified atom stereocenters. The number of Topliss-reactive ketones (excluding diaryl/α,β-unsaturated/α-hetero) is 1. The van der Waals surface area contributed by atoms with Gasteiger partial charge in [0.05, 0.1) is 0 Å². The van der Waals surface area contributed by atoms with Gasteiger partial charge in [0.15, 0.2) is 0 Å². The number of rotatable bonds is 5. The summed E-state index contributed by atoms with van der Waals surface area (Å²) in [5, 5.41) is 0. The van der Waals surface area contributed by atoms with Crippen LogP contribution in [0.3, 0.4) is 0 Å². The van der Waals surface area contributed by atoms with Crippen LogP contribution in [0.1, 0.15) is 39.0 Å². The zero-order valence-electron chi connectivity index (χ0n) is 7.88. The quantitative estimate of drug-likeness (QED) is 0.681. The minimum atomic E-state index is 0.412. The fourth-order valence-electron chi connectivity index (χ4n) is 1.44. The molecule has 0 bridgehead atoms. The number of carbonyl (C=O) groups is 1. The summed E-state index contributed by atoms with van der Waals surface area (Å²) in [6, 6.07) is 0. The van der Waals surface area contributed by atoms with E-state index in [-0.39, 0.29) is 0 Å². The van der Waals surface area contributed by atoms with Crippen LogP contribution in [0.25, 0.3) is 0 Å². The Morgan fingerprint density at radius 2 is 2.25 bits per heavy atom. The lowest BCUT2D eigenvalue weighted by Crippen LogP contribution is -2.23. The fourth-order valence-corrected chi connectivity index (χ4v) is 1.44. The lowest BCUT2D eigenvalue weighted by molar-refractivity contribution is -0.125. The molecule has 0 aromatic rings. The van der Waals surface area contributed by atoms with Crippen LogP contribution in [0.5, 0.6) is 0 Å². The van der Waals surface area contributed by atoms with E-state index in [1.807, 2.05) is 0 Å². The number of carbonyl (C=O) groups excluding carboxylic acids is 1. The van der Waals surface area contributed by atoms with E-state index in [2.05, 4.69) is 6.92 Å². The van der Waals surface area contributed by atoms with Crippen molar-refractivity contribution in [3.8, 4) is 0 Å². The molecular formula is C10H19NO. The molecule has 0 radical (unpaired) electrons. The minimum absolute atomic E-state index is 0.412. The van der Waals surface area contributed by atoms with Gasteiger partial charge in [0.1, 0.15) is 5.78 Å². The Morgan fingerprint density at radius 3 is 2.67 bits per heavy atom. The summed E-state index contributed by atoms with van der Waals surface area (Å²) in [5.41, 5.74) is 5.47. The van der Waals surface area contributed by atoms with Crippen molar-refractivity contribution in [3.63, 3.8) is 0 Å². The second kappa shape index (κ2) is 4.61. The first-order valence-corrected chi connectivity index (χ1v) is 4.96. The van der Waals surface area contributed by atoms with Crippen LogP contribution in [0.15, 0.2) is 0 Å². The van der Waals surface area contributed by atoms with E-state index in [0.29, 0.717) is 24.2 Å². The van der Waals surface area contributed by atoms with Gasteiger partial charge in [-0.15, -0.1) is 0 Å². The molecule has 2 N–H and O–H groups in total. The molecule has 1 saturated carbocycles. The van der Waals surface area contributed by atoms with Crippen molar-refractivity contribution in [2.24, 2.45) is 17.6 Å². The van der Waals surface area contributed by atoms with Crippen LogP contribution in [-0.2, 0) is 4.79 Å². The van der Waals surface area contributed by atoms with E-state index >= 15 is 0 Å². The Hall–Kier alpha value is -0.370. The monoisotopic (exact) mass is 169 g/mol. The molecule has 0 aliphatic heterocycles. The maximum Gasteiger partial charge on any atom is 0.135 e. The van der Waals surface area contributed by atoms with Gasteiger partial charge in [-0.05, 0) is 31.7 Å². The molecule has 1 aliphatic carbocycles. The highest BCUT2D eigenvalue weighted by molar-refractivity contribution is 5.81. The van der Waals surface area contributed by atoms with Gasteiger partial charge in [-0.2, -0.15) is 0 Å². The van der Waals surface area contributed by atoms with Gasteiger partial charge in [0.2, 0.25) is 0 Å². The van der Waals surface area contributed by atoms with Crippen LogP contribution in [0.4, 0.5) is 0 Å². The lowest BCUT2D eigenvalue weighted by Gasteiger charge is -2.24. The third-order valence-electron chi connectivity index (χ3n) is 2.85. The molecule has 1 fully saturated rings. The molecule has 70 valence electrons. The second-order valence-corrected chi connectivity index (χ2v) is 3.97. The number of hydrogen-bond acceptors (Lipinski definition) is 2. The molecule has 0 spiro atoms. The molecule has 1 aliphatic rings. The van der Waals surface area contributed by atoms with Crippen molar-refractivity contribution in [1.29, 1.82) is 0 Å². The fraction of sp³-hybridized carbons (Fsp3) is 0.900. The summed E-state index contributed by atoms with van der Waals surface area (Å²) < 4.78 is 0. The highest BCUT2D eigenvalue weighted by atomic mass is 16.1. The third kappa shape index (κ3) is 2.59. The summed E-state index contributed by atoms with van der Waals surface area (Å²) in [6.45, 7) is 2.81. The third-order valence-corrected chi connectivity index (χ3v) is 2.85. The molecule has 1 atom stereocenters. The van der Waals surface area contributed by atoms with E-state index < -0.39 is 0 Å². The molecule has 2 heteroatoms. The molecule has 12 heavy (non-hydrogen) atoms. The van der Waals surface area contributed by atoms with Crippen LogP contribution in [0, 0.1) is 11.8 Å². The van der Waals surface area contributed by atoms with Gasteiger partial charge in [-0.1, -0.05) is 13.3 Å². The predicted octanol–water partition coefficient (Wildman–Crippen LogP) is 1.73. The Balaban J connectivity index is 2.09. The summed E-state index contributed by atoms with van der Waals surface area (Å²) in [4.78, 5) is 11.4. The maximum absolute atomic E-state index is 11.4. The lowest BCUT2D eigenvalue weighted by atomic mass is 9.80. The topological polar surface area (TPSA) is 43.1 Å². The number of ketones is 1. The van der Waals surface area contributed by atoms with Gasteiger partial charge in [-0.3, -0.25) is 4.79 Å². The largest absolute Gasteiger partial charge is 0.330 e. The van der Waals surface area contributed by atoms with Crippen LogP contribution >= 0.6 is 0 Å². The van der Waals surface area contributed by atoms with Crippen molar-refractivity contribution in [2.75, 3.05) is 6.54 Å². The van der Waals surface area contributed by atoms with Crippen molar-refractivity contribution in [1.82, 2.24) is 0 Å². The van der Waals surface area contributed by atoms with Crippen molar-refractivity contribution < 1.29 is 4.79 Å². The van der Waals surface area contributed by atoms with Crippen LogP contribution in [-0.4, -0.2) is 12.3 Å². The zero-order valence-corrected chi connectivity index (χ0v) is 7.88. The predicted molar refractivity (Wildman–Crippen MR) is 49.8 cm³/mol. The SMILES string of the molecule is CC(CN)CCC(=O)C1CCC1. The van der Waals surface area contributed by atoms with Crippen molar-refractivity contribution >= 4 is 5.78 Å². The van der Waals surface area contributed by atoms with Crippen LogP contribution in [0.2, 0.25) is 0 Å². The van der Waals surface area contributed by atoms with Gasteiger partial charge in [0, 0.05) is 12.3 Å². The standard InChI is InChI=1S/C10H19NO/c1-8(7-11)5-6-10(12)9-3-2-4-9/h8-9H,2-7,11H2,1H3. The normalized spacial score (nSPS) is 20.2. The molecular weight excluding hydrogens is 150 g/mol. The highest BCUT2D eigenvalue weighted by Crippen LogP contribution is 2.28. The van der Waals surface area contributed by atoms with E-state index in [9.17, 15) is 4.79 Å². The molecule has 0 saturated heterocycles. The van der Waals surface area contributed by atoms with Gasteiger partial charge >= 0.3 is 0 Å². The molecule has 2 nitrogen and oxygen atoms in total. The Morgan fingerprint density at radius 1 is 1.58 bits per heavy atom. The Kier molecular flexibility index (Phi) is 3.73. The smallest absolute Gasteiger partial charge is 0.135 e. The highest BCUT2D eigenvalue weighted by Gasteiger charge is 2.24. The van der Waals surface area contributed by atoms with Crippen molar-refractivity contribution in [2.45, 2.75) is 39.0 Å². The van der Waals surface area contributed by atoms with Gasteiger partial charge in [-0.25, -0.2) is 0 Å². The number of hydrogen-bond donors (Lipinski definition) is 1. The average molecular weight is 169 g/mol. The summed E-state index contributed by atoms with van der Waals surface area (Å²) in [5.74, 6) is 1.39. The summed E-state index contributed by atoms with van der Waals surface area (Å²) in [6.07, 6.45) is 5.25. The van der Waals surface area contributed by atoms with E-state index in [1.54, 1.807) is 0 Å². The van der Waals surface area contributed by atoms with Gasteiger partial charge in [0.25, 0.3) is 0 Å².